The number of carbonyl (C=O) groups is 2. The summed E-state index contributed by atoms with van der Waals surface area (Å²) in [6.45, 7) is 5.27. The zero-order chi connectivity index (χ0) is 26.5. The van der Waals surface area contributed by atoms with Gasteiger partial charge in [0.15, 0.2) is 5.82 Å². The summed E-state index contributed by atoms with van der Waals surface area (Å²) in [5.74, 6) is 1.04. The average Bonchev–Trinajstić information content (AvgIpc) is 3.40. The number of para-hydroxylation sites is 1. The van der Waals surface area contributed by atoms with Gasteiger partial charge in [0.1, 0.15) is 17.2 Å². The van der Waals surface area contributed by atoms with Crippen molar-refractivity contribution in [1.29, 1.82) is 0 Å². The van der Waals surface area contributed by atoms with Crippen molar-refractivity contribution in [2.75, 3.05) is 55.7 Å². The maximum absolute atomic E-state index is 13.5. The van der Waals surface area contributed by atoms with Crippen LogP contribution in [0.3, 0.4) is 0 Å². The summed E-state index contributed by atoms with van der Waals surface area (Å²) in [7, 11) is 0. The lowest BCUT2D eigenvalue weighted by atomic mass is 10.2. The fraction of sp³-hybridized carbons (Fsp3) is 0.286. The summed E-state index contributed by atoms with van der Waals surface area (Å²) in [5, 5.41) is 6.82. The van der Waals surface area contributed by atoms with Crippen molar-refractivity contribution in [3.05, 3.63) is 66.4 Å². The summed E-state index contributed by atoms with van der Waals surface area (Å²) in [6.07, 6.45) is 2.09. The predicted octanol–water partition coefficient (Wildman–Crippen LogP) is 3.86. The number of nitrogens with zero attached hydrogens (tertiary/aromatic N) is 4. The van der Waals surface area contributed by atoms with E-state index in [1.54, 1.807) is 11.8 Å². The van der Waals surface area contributed by atoms with E-state index in [1.165, 1.54) is 17.5 Å². The number of piperazine rings is 1. The highest BCUT2D eigenvalue weighted by atomic mass is 32.2. The third-order valence-corrected chi connectivity index (χ3v) is 7.32. The Hall–Kier alpha value is -4.05. The molecule has 0 unspecified atom stereocenters. The van der Waals surface area contributed by atoms with Crippen LogP contribution in [0.1, 0.15) is 17.4 Å². The number of hydrogen-bond acceptors (Lipinski definition) is 7. The molecular formula is C28H31N7O2S. The van der Waals surface area contributed by atoms with Crippen LogP contribution in [0.5, 0.6) is 0 Å². The Balaban J connectivity index is 1.36. The highest BCUT2D eigenvalue weighted by Gasteiger charge is 2.25. The minimum Gasteiger partial charge on any atom is -0.368 e. The monoisotopic (exact) mass is 529 g/mol. The Labute approximate surface area is 226 Å². The number of hydrogen-bond donors (Lipinski definition) is 3. The maximum atomic E-state index is 13.5. The molecule has 0 atom stereocenters. The van der Waals surface area contributed by atoms with Gasteiger partial charge in [-0.05, 0) is 24.5 Å². The molecule has 5 rings (SSSR count). The topological polar surface area (TPSA) is 106 Å². The van der Waals surface area contributed by atoms with Gasteiger partial charge in [-0.1, -0.05) is 42.5 Å². The van der Waals surface area contributed by atoms with Gasteiger partial charge in [0, 0.05) is 56.7 Å². The van der Waals surface area contributed by atoms with Gasteiger partial charge in [0.05, 0.1) is 11.1 Å². The van der Waals surface area contributed by atoms with Crippen LogP contribution in [0.4, 0.5) is 11.5 Å². The largest absolute Gasteiger partial charge is 0.368 e. The first-order valence-corrected chi connectivity index (χ1v) is 13.9. The summed E-state index contributed by atoms with van der Waals surface area (Å²) >= 11 is 1.74. The number of rotatable bonds is 8. The quantitative estimate of drug-likeness (QED) is 0.235. The molecule has 3 heterocycles. The lowest BCUT2D eigenvalue weighted by Crippen LogP contribution is -2.49. The van der Waals surface area contributed by atoms with Crippen molar-refractivity contribution in [3.63, 3.8) is 0 Å². The van der Waals surface area contributed by atoms with Crippen LogP contribution in [0.2, 0.25) is 0 Å². The van der Waals surface area contributed by atoms with Crippen molar-refractivity contribution in [2.45, 2.75) is 11.8 Å². The van der Waals surface area contributed by atoms with Crippen LogP contribution < -0.4 is 15.5 Å². The van der Waals surface area contributed by atoms with Crippen LogP contribution in [0.25, 0.3) is 22.4 Å². The van der Waals surface area contributed by atoms with Crippen molar-refractivity contribution >= 4 is 46.1 Å². The molecule has 2 aromatic heterocycles. The van der Waals surface area contributed by atoms with Crippen molar-refractivity contribution < 1.29 is 9.59 Å². The summed E-state index contributed by atoms with van der Waals surface area (Å²) in [4.78, 5) is 42.9. The molecule has 0 aliphatic carbocycles. The van der Waals surface area contributed by atoms with E-state index in [9.17, 15) is 9.59 Å². The summed E-state index contributed by atoms with van der Waals surface area (Å²) < 4.78 is 0. The third-order valence-electron chi connectivity index (χ3n) is 6.53. The normalized spacial score (nSPS) is 13.5. The van der Waals surface area contributed by atoms with Crippen LogP contribution in [0, 0.1) is 0 Å². The van der Waals surface area contributed by atoms with Gasteiger partial charge >= 0.3 is 0 Å². The molecule has 4 aromatic rings. The van der Waals surface area contributed by atoms with Gasteiger partial charge in [-0.3, -0.25) is 9.59 Å². The Morgan fingerprint density at radius 1 is 0.974 bits per heavy atom. The van der Waals surface area contributed by atoms with E-state index in [0.717, 1.165) is 24.0 Å². The molecule has 2 amide bonds. The second-order valence-electron chi connectivity index (χ2n) is 9.07. The molecule has 1 fully saturated rings. The Morgan fingerprint density at radius 3 is 2.45 bits per heavy atom. The molecule has 0 bridgehead atoms. The number of fused-ring (bicyclic) bond motifs is 1. The molecule has 2 aromatic carbocycles. The van der Waals surface area contributed by atoms with Crippen LogP contribution >= 0.6 is 11.8 Å². The lowest BCUT2D eigenvalue weighted by molar-refractivity contribution is -0.118. The molecule has 10 heteroatoms. The fourth-order valence-electron chi connectivity index (χ4n) is 4.61. The number of carbonyl (C=O) groups excluding carboxylic acids is 2. The zero-order valence-corrected chi connectivity index (χ0v) is 22.3. The van der Waals surface area contributed by atoms with Gasteiger partial charge < -0.3 is 25.4 Å². The van der Waals surface area contributed by atoms with E-state index in [2.05, 4.69) is 51.0 Å². The van der Waals surface area contributed by atoms with Crippen LogP contribution in [0.15, 0.2) is 65.6 Å². The molecule has 3 N–H and O–H groups in total. The minimum absolute atomic E-state index is 0.0498. The molecule has 1 saturated heterocycles. The number of benzene rings is 2. The first-order valence-electron chi connectivity index (χ1n) is 12.6. The van der Waals surface area contributed by atoms with E-state index in [1.807, 2.05) is 41.3 Å². The second-order valence-corrected chi connectivity index (χ2v) is 9.92. The van der Waals surface area contributed by atoms with E-state index < -0.39 is 0 Å². The first-order chi connectivity index (χ1) is 18.5. The number of thioether (sulfide) groups is 1. The number of H-pyrrole nitrogens is 1. The molecule has 1 aliphatic rings. The minimum atomic E-state index is -0.0869. The fourth-order valence-corrected chi connectivity index (χ4v) is 5.23. The van der Waals surface area contributed by atoms with Crippen LogP contribution in [-0.2, 0) is 4.79 Å². The highest BCUT2D eigenvalue weighted by molar-refractivity contribution is 7.98. The Bertz CT molecular complexity index is 1430. The van der Waals surface area contributed by atoms with E-state index >= 15 is 0 Å². The molecular weight excluding hydrogens is 498 g/mol. The SMILES string of the molecule is CSc1ccccc1N1CCN(C(=O)c2cc3c(NCCNC(C)=O)nc(-c4ccccc4)nc3[nH]2)CC1. The molecule has 1 aliphatic heterocycles. The van der Waals surface area contributed by atoms with Crippen LogP contribution in [-0.4, -0.2) is 77.2 Å². The number of aromatic nitrogens is 3. The maximum Gasteiger partial charge on any atom is 0.270 e. The van der Waals surface area contributed by atoms with E-state index in [-0.39, 0.29) is 11.8 Å². The number of anilines is 2. The van der Waals surface area contributed by atoms with Gasteiger partial charge in [0.2, 0.25) is 5.91 Å². The van der Waals surface area contributed by atoms with Crippen molar-refractivity contribution in [3.8, 4) is 11.4 Å². The standard InChI is InChI=1S/C28H31N7O2S/c1-19(36)29-12-13-30-26-21-18-22(31-27(21)33-25(32-26)20-8-4-3-5-9-20)28(37)35-16-14-34(15-17-35)23-10-6-7-11-24(23)38-2/h3-11,18H,12-17H2,1-2H3,(H,29,36)(H2,30,31,32,33). The van der Waals surface area contributed by atoms with Gasteiger partial charge in [-0.15, -0.1) is 11.8 Å². The molecule has 38 heavy (non-hydrogen) atoms. The zero-order valence-electron chi connectivity index (χ0n) is 21.5. The Kier molecular flexibility index (Phi) is 7.78. The predicted molar refractivity (Wildman–Crippen MR) is 153 cm³/mol. The molecule has 0 spiro atoms. The van der Waals surface area contributed by atoms with Gasteiger partial charge in [-0.2, -0.15) is 0 Å². The highest BCUT2D eigenvalue weighted by Crippen LogP contribution is 2.30. The average molecular weight is 530 g/mol. The van der Waals surface area contributed by atoms with E-state index in [0.29, 0.717) is 49.2 Å². The summed E-state index contributed by atoms with van der Waals surface area (Å²) in [6, 6.07) is 19.9. The third kappa shape index (κ3) is 5.60. The Morgan fingerprint density at radius 2 is 1.71 bits per heavy atom. The molecule has 196 valence electrons. The smallest absolute Gasteiger partial charge is 0.270 e. The van der Waals surface area contributed by atoms with Gasteiger partial charge in [-0.25, -0.2) is 9.97 Å². The van der Waals surface area contributed by atoms with Crippen molar-refractivity contribution in [2.24, 2.45) is 0 Å². The summed E-state index contributed by atoms with van der Waals surface area (Å²) in [5.41, 5.74) is 3.18. The van der Waals surface area contributed by atoms with Crippen molar-refractivity contribution in [1.82, 2.24) is 25.2 Å². The number of amides is 2. The molecule has 9 nitrogen and oxygen atoms in total. The lowest BCUT2D eigenvalue weighted by Gasteiger charge is -2.36. The van der Waals surface area contributed by atoms with E-state index in [4.69, 9.17) is 9.97 Å². The first kappa shape index (κ1) is 25.6. The number of nitrogens with one attached hydrogen (secondary N) is 3. The second kappa shape index (κ2) is 11.6. The van der Waals surface area contributed by atoms with Gasteiger partial charge in [0.25, 0.3) is 5.91 Å². The number of aromatic amines is 1. The molecule has 0 saturated carbocycles. The molecule has 0 radical (unpaired) electrons.